The number of hydrogen-bond donors (Lipinski definition) is 2. The molecule has 0 spiro atoms. The molecule has 0 aliphatic heterocycles. The van der Waals surface area contributed by atoms with Gasteiger partial charge in [0.2, 0.25) is 0 Å². The lowest BCUT2D eigenvalue weighted by atomic mass is 10.5. The van der Waals surface area contributed by atoms with Crippen molar-refractivity contribution in [3.63, 3.8) is 0 Å². The predicted octanol–water partition coefficient (Wildman–Crippen LogP) is -0.235. The molecule has 0 saturated carbocycles. The molecule has 0 radical (unpaired) electrons. The Morgan fingerprint density at radius 1 is 1.69 bits per heavy atom. The molecule has 0 unspecified atom stereocenters. The average molecular weight is 242 g/mol. The summed E-state index contributed by atoms with van der Waals surface area (Å²) in [6.45, 7) is -0.282. The number of thioether (sulfide) groups is 1. The van der Waals surface area contributed by atoms with Gasteiger partial charge in [0.15, 0.2) is 16.3 Å². The van der Waals surface area contributed by atoms with Gasteiger partial charge < -0.3 is 9.84 Å². The SMILES string of the molecule is CSc1nc2c(ncn2COCO)c(=O)[nH]1. The van der Waals surface area contributed by atoms with E-state index in [0.29, 0.717) is 10.8 Å². The Kier molecular flexibility index (Phi) is 3.22. The second-order valence-electron chi connectivity index (χ2n) is 2.92. The number of ether oxygens (including phenoxy) is 1. The van der Waals surface area contributed by atoms with Crippen LogP contribution in [-0.2, 0) is 11.5 Å². The maximum Gasteiger partial charge on any atom is 0.279 e. The van der Waals surface area contributed by atoms with Crippen LogP contribution in [0.1, 0.15) is 0 Å². The molecule has 16 heavy (non-hydrogen) atoms. The molecule has 0 fully saturated rings. The molecule has 2 rings (SSSR count). The van der Waals surface area contributed by atoms with Gasteiger partial charge in [0.25, 0.3) is 5.56 Å². The molecule has 0 aliphatic carbocycles. The van der Waals surface area contributed by atoms with Gasteiger partial charge >= 0.3 is 0 Å². The van der Waals surface area contributed by atoms with Crippen molar-refractivity contribution in [3.8, 4) is 0 Å². The van der Waals surface area contributed by atoms with Crippen LogP contribution in [0.5, 0.6) is 0 Å². The number of aromatic nitrogens is 4. The van der Waals surface area contributed by atoms with Crippen LogP contribution in [0.15, 0.2) is 16.3 Å². The number of fused-ring (bicyclic) bond motifs is 1. The topological polar surface area (TPSA) is 93.0 Å². The van der Waals surface area contributed by atoms with Crippen molar-refractivity contribution in [1.29, 1.82) is 0 Å². The lowest BCUT2D eigenvalue weighted by molar-refractivity contribution is -0.0342. The Balaban J connectivity index is 2.52. The van der Waals surface area contributed by atoms with Crippen molar-refractivity contribution < 1.29 is 9.84 Å². The fourth-order valence-corrected chi connectivity index (χ4v) is 1.64. The number of imidazole rings is 1. The molecule has 86 valence electrons. The van der Waals surface area contributed by atoms with E-state index in [-0.39, 0.29) is 17.8 Å². The van der Waals surface area contributed by atoms with Crippen molar-refractivity contribution in [3.05, 3.63) is 16.7 Å². The highest BCUT2D eigenvalue weighted by Crippen LogP contribution is 2.11. The van der Waals surface area contributed by atoms with E-state index < -0.39 is 6.79 Å². The maximum atomic E-state index is 11.6. The molecule has 2 aromatic rings. The van der Waals surface area contributed by atoms with Gasteiger partial charge in [0.05, 0.1) is 6.33 Å². The Bertz CT molecular complexity index is 550. The van der Waals surface area contributed by atoms with E-state index >= 15 is 0 Å². The van der Waals surface area contributed by atoms with Crippen molar-refractivity contribution in [1.82, 2.24) is 19.5 Å². The Hall–Kier alpha value is -1.38. The molecule has 2 N–H and O–H groups in total. The van der Waals surface area contributed by atoms with Crippen LogP contribution in [0.2, 0.25) is 0 Å². The van der Waals surface area contributed by atoms with Crippen molar-refractivity contribution in [2.45, 2.75) is 11.9 Å². The molecule has 8 heteroatoms. The zero-order valence-electron chi connectivity index (χ0n) is 8.51. The van der Waals surface area contributed by atoms with Crippen LogP contribution in [0.3, 0.4) is 0 Å². The van der Waals surface area contributed by atoms with Crippen molar-refractivity contribution in [2.24, 2.45) is 0 Å². The van der Waals surface area contributed by atoms with Crippen LogP contribution >= 0.6 is 11.8 Å². The fraction of sp³-hybridized carbons (Fsp3) is 0.375. The first-order valence-corrected chi connectivity index (χ1v) is 5.66. The summed E-state index contributed by atoms with van der Waals surface area (Å²) in [6, 6.07) is 0. The largest absolute Gasteiger partial charge is 0.371 e. The number of nitrogens with one attached hydrogen (secondary N) is 1. The second-order valence-corrected chi connectivity index (χ2v) is 3.72. The van der Waals surface area contributed by atoms with Crippen LogP contribution in [-0.4, -0.2) is 37.7 Å². The van der Waals surface area contributed by atoms with Crippen LogP contribution in [0.25, 0.3) is 11.2 Å². The van der Waals surface area contributed by atoms with Gasteiger partial charge in [-0.15, -0.1) is 0 Å². The molecule has 0 atom stereocenters. The third-order valence-electron chi connectivity index (χ3n) is 1.97. The number of H-pyrrole nitrogens is 1. The van der Waals surface area contributed by atoms with Crippen molar-refractivity contribution >= 4 is 22.9 Å². The summed E-state index contributed by atoms with van der Waals surface area (Å²) < 4.78 is 6.37. The minimum Gasteiger partial charge on any atom is -0.371 e. The number of rotatable bonds is 4. The summed E-state index contributed by atoms with van der Waals surface area (Å²) >= 11 is 1.34. The third kappa shape index (κ3) is 1.94. The molecule has 7 nitrogen and oxygen atoms in total. The Labute approximate surface area is 94.5 Å². The number of nitrogens with zero attached hydrogens (tertiary/aromatic N) is 3. The lowest BCUT2D eigenvalue weighted by Gasteiger charge is -2.02. The summed E-state index contributed by atoms with van der Waals surface area (Å²) in [5.41, 5.74) is 0.429. The number of aliphatic hydroxyl groups excluding tert-OH is 1. The lowest BCUT2D eigenvalue weighted by Crippen LogP contribution is -2.11. The van der Waals surface area contributed by atoms with Crippen LogP contribution in [0, 0.1) is 0 Å². The molecular weight excluding hydrogens is 232 g/mol. The smallest absolute Gasteiger partial charge is 0.279 e. The molecule has 0 bridgehead atoms. The van der Waals surface area contributed by atoms with Gasteiger partial charge in [-0.1, -0.05) is 11.8 Å². The minimum absolute atomic E-state index is 0.108. The predicted molar refractivity (Wildman–Crippen MR) is 58.1 cm³/mol. The van der Waals surface area contributed by atoms with E-state index in [0.717, 1.165) is 0 Å². The standard InChI is InChI=1S/C8H10N4O3S/c1-16-8-10-6-5(7(14)11-8)9-2-12(6)3-15-4-13/h2,13H,3-4H2,1H3,(H,10,11,14). The van der Waals surface area contributed by atoms with Gasteiger partial charge in [-0.25, -0.2) is 9.97 Å². The first-order chi connectivity index (χ1) is 7.76. The first-order valence-electron chi connectivity index (χ1n) is 4.44. The van der Waals surface area contributed by atoms with Crippen LogP contribution in [0.4, 0.5) is 0 Å². The molecular formula is C8H10N4O3S. The highest BCUT2D eigenvalue weighted by molar-refractivity contribution is 7.98. The molecule has 0 saturated heterocycles. The van der Waals surface area contributed by atoms with Crippen LogP contribution < -0.4 is 5.56 Å². The van der Waals surface area contributed by atoms with E-state index in [1.807, 2.05) is 6.26 Å². The van der Waals surface area contributed by atoms with Gasteiger partial charge in [-0.2, -0.15) is 0 Å². The average Bonchev–Trinajstić information content (AvgIpc) is 2.70. The summed E-state index contributed by atoms with van der Waals surface area (Å²) in [5, 5.41) is 9.06. The number of aromatic amines is 1. The highest BCUT2D eigenvalue weighted by Gasteiger charge is 2.09. The molecule has 0 aliphatic rings. The molecule has 0 amide bonds. The minimum atomic E-state index is -0.391. The molecule has 2 heterocycles. The normalized spacial score (nSPS) is 11.1. The number of aliphatic hydroxyl groups is 1. The summed E-state index contributed by atoms with van der Waals surface area (Å²) in [6.07, 6.45) is 3.27. The van der Waals surface area contributed by atoms with Crippen molar-refractivity contribution in [2.75, 3.05) is 13.0 Å². The summed E-state index contributed by atoms with van der Waals surface area (Å²) in [7, 11) is 0. The maximum absolute atomic E-state index is 11.6. The van der Waals surface area contributed by atoms with Gasteiger partial charge in [0, 0.05) is 0 Å². The second kappa shape index (κ2) is 4.64. The Morgan fingerprint density at radius 3 is 3.19 bits per heavy atom. The Morgan fingerprint density at radius 2 is 2.50 bits per heavy atom. The monoisotopic (exact) mass is 242 g/mol. The molecule has 2 aromatic heterocycles. The summed E-state index contributed by atoms with van der Waals surface area (Å²) in [4.78, 5) is 22.3. The van der Waals surface area contributed by atoms with E-state index in [1.54, 1.807) is 4.57 Å². The van der Waals surface area contributed by atoms with E-state index in [4.69, 9.17) is 9.84 Å². The van der Waals surface area contributed by atoms with Gasteiger partial charge in [0.1, 0.15) is 13.5 Å². The van der Waals surface area contributed by atoms with E-state index in [2.05, 4.69) is 15.0 Å². The summed E-state index contributed by atoms with van der Waals surface area (Å²) in [5.74, 6) is 0. The first kappa shape index (κ1) is 11.1. The van der Waals surface area contributed by atoms with Gasteiger partial charge in [-0.3, -0.25) is 14.3 Å². The number of hydrogen-bond acceptors (Lipinski definition) is 6. The third-order valence-corrected chi connectivity index (χ3v) is 2.55. The highest BCUT2D eigenvalue weighted by atomic mass is 32.2. The zero-order chi connectivity index (χ0) is 11.5. The fourth-order valence-electron chi connectivity index (χ4n) is 1.26. The quantitative estimate of drug-likeness (QED) is 0.437. The van der Waals surface area contributed by atoms with Gasteiger partial charge in [-0.05, 0) is 6.26 Å². The van der Waals surface area contributed by atoms with E-state index in [1.165, 1.54) is 18.1 Å². The zero-order valence-corrected chi connectivity index (χ0v) is 9.32. The molecule has 0 aromatic carbocycles. The van der Waals surface area contributed by atoms with E-state index in [9.17, 15) is 4.79 Å².